The molecule has 8 heteroatoms. The summed E-state index contributed by atoms with van der Waals surface area (Å²) in [7, 11) is 0. The van der Waals surface area contributed by atoms with Gasteiger partial charge >= 0.3 is 0 Å². The van der Waals surface area contributed by atoms with Gasteiger partial charge in [0.15, 0.2) is 0 Å². The second-order valence-corrected chi connectivity index (χ2v) is 20.5. The van der Waals surface area contributed by atoms with Crippen molar-refractivity contribution in [3.05, 3.63) is 188 Å². The SMILES string of the molecule is N/C(=C(\C=C(/N)n1c2ccccc2c2cc3c(cc21)sc1ccccc13)n1c2ccccc2c2cc3c(cc21)sc1ccccc13)n1c2ccccc2c2cc3c(cc21)sc1ccccc13. The predicted molar refractivity (Wildman–Crippen MR) is 289 cm³/mol. The van der Waals surface area contributed by atoms with Crippen LogP contribution < -0.4 is 11.5 Å². The first-order valence-electron chi connectivity index (χ1n) is 22.1. The summed E-state index contributed by atoms with van der Waals surface area (Å²) >= 11 is 5.47. The Hall–Kier alpha value is -7.88. The highest BCUT2D eigenvalue weighted by molar-refractivity contribution is 7.26. The van der Waals surface area contributed by atoms with E-state index in [1.54, 1.807) is 0 Å². The summed E-state index contributed by atoms with van der Waals surface area (Å²) in [5.74, 6) is 1.15. The molecule has 4 N–H and O–H groups in total. The molecule has 0 aliphatic carbocycles. The number of rotatable bonds is 4. The topological polar surface area (TPSA) is 66.8 Å². The first kappa shape index (κ1) is 36.5. The molecule has 0 unspecified atom stereocenters. The van der Waals surface area contributed by atoms with Crippen LogP contribution in [0.15, 0.2) is 188 Å². The third kappa shape index (κ3) is 4.92. The first-order chi connectivity index (χ1) is 32.6. The second-order valence-electron chi connectivity index (χ2n) is 17.3. The van der Waals surface area contributed by atoms with Gasteiger partial charge in [0, 0.05) is 98.9 Å². The lowest BCUT2D eigenvalue weighted by Crippen LogP contribution is -2.14. The fourth-order valence-corrected chi connectivity index (χ4v) is 14.3. The van der Waals surface area contributed by atoms with Crippen molar-refractivity contribution in [3.63, 3.8) is 0 Å². The maximum absolute atomic E-state index is 7.95. The van der Waals surface area contributed by atoms with Crippen molar-refractivity contribution in [2.75, 3.05) is 0 Å². The van der Waals surface area contributed by atoms with E-state index in [9.17, 15) is 0 Å². The van der Waals surface area contributed by atoms with Gasteiger partial charge < -0.3 is 16.0 Å². The standard InChI is InChI=1S/C58H35N5S3/c59-57(62-45-20-8-2-14-33(45)39-26-42-36-17-5-11-23-52(36)65-55(42)29-48(39)62)31-50(61-44-19-7-1-13-32(44)38-25-41-35-16-4-10-22-51(35)64-54(41)28-47(38)61)58(60)63-46-21-9-3-15-34(46)40-27-43-37-18-6-12-24-53(37)66-56(43)30-49(40)63/h1-31H,59-60H2/b57-31+,58-50-. The molecule has 310 valence electrons. The van der Waals surface area contributed by atoms with Gasteiger partial charge in [-0.1, -0.05) is 109 Å². The van der Waals surface area contributed by atoms with Gasteiger partial charge in [-0.3, -0.25) is 9.13 Å². The van der Waals surface area contributed by atoms with Crippen molar-refractivity contribution in [3.8, 4) is 0 Å². The van der Waals surface area contributed by atoms with Gasteiger partial charge in [-0.15, -0.1) is 34.0 Å². The van der Waals surface area contributed by atoms with Crippen molar-refractivity contribution in [1.82, 2.24) is 13.7 Å². The van der Waals surface area contributed by atoms with Gasteiger partial charge in [-0.25, -0.2) is 0 Å². The molecule has 0 amide bonds. The Morgan fingerprint density at radius 3 is 1.08 bits per heavy atom. The van der Waals surface area contributed by atoms with Gasteiger partial charge in [-0.2, -0.15) is 0 Å². The summed E-state index contributed by atoms with van der Waals surface area (Å²) in [5.41, 5.74) is 22.7. The lowest BCUT2D eigenvalue weighted by atomic mass is 10.1. The highest BCUT2D eigenvalue weighted by Crippen LogP contribution is 2.45. The van der Waals surface area contributed by atoms with Gasteiger partial charge in [0.1, 0.15) is 11.6 Å². The Labute approximate surface area is 388 Å². The van der Waals surface area contributed by atoms with Crippen LogP contribution in [-0.2, 0) is 0 Å². The molecule has 6 aromatic heterocycles. The molecule has 0 radical (unpaired) electrons. The second kappa shape index (κ2) is 13.3. The Bertz CT molecular complexity index is 4680. The van der Waals surface area contributed by atoms with Gasteiger partial charge in [0.05, 0.1) is 38.8 Å². The molecule has 15 aromatic rings. The molecule has 66 heavy (non-hydrogen) atoms. The summed E-state index contributed by atoms with van der Waals surface area (Å²) in [5, 5.41) is 14.5. The predicted octanol–water partition coefficient (Wildman–Crippen LogP) is 16.3. The Morgan fingerprint density at radius 2 is 0.636 bits per heavy atom. The van der Waals surface area contributed by atoms with Crippen LogP contribution in [0, 0.1) is 0 Å². The third-order valence-electron chi connectivity index (χ3n) is 13.8. The number of benzene rings is 9. The first-order valence-corrected chi connectivity index (χ1v) is 24.5. The smallest absolute Gasteiger partial charge is 0.133 e. The van der Waals surface area contributed by atoms with E-state index >= 15 is 0 Å². The van der Waals surface area contributed by atoms with Crippen molar-refractivity contribution in [2.45, 2.75) is 0 Å². The lowest BCUT2D eigenvalue weighted by molar-refractivity contribution is 1.12. The molecular weight excluding hydrogens is 863 g/mol. The molecule has 0 aliphatic heterocycles. The Morgan fingerprint density at radius 1 is 0.303 bits per heavy atom. The zero-order valence-corrected chi connectivity index (χ0v) is 37.6. The number of thiophene rings is 3. The minimum Gasteiger partial charge on any atom is -0.385 e. The minimum atomic E-state index is 0.571. The van der Waals surface area contributed by atoms with E-state index in [0.717, 1.165) is 71.1 Å². The van der Waals surface area contributed by atoms with Crippen molar-refractivity contribution in [2.24, 2.45) is 11.5 Å². The zero-order valence-electron chi connectivity index (χ0n) is 35.1. The molecule has 6 heterocycles. The molecule has 0 saturated carbocycles. The summed E-state index contributed by atoms with van der Waals surface area (Å²) in [6, 6.07) is 66.2. The van der Waals surface area contributed by atoms with Crippen molar-refractivity contribution < 1.29 is 0 Å². The highest BCUT2D eigenvalue weighted by atomic mass is 32.1. The summed E-state index contributed by atoms with van der Waals surface area (Å²) in [6.07, 6.45) is 2.12. The Balaban J connectivity index is 1.09. The van der Waals surface area contributed by atoms with E-state index in [1.165, 1.54) is 60.5 Å². The van der Waals surface area contributed by atoms with E-state index in [1.807, 2.05) is 34.0 Å². The van der Waals surface area contributed by atoms with E-state index in [0.29, 0.717) is 11.6 Å². The molecule has 0 atom stereocenters. The molecular formula is C58H35N5S3. The fraction of sp³-hybridized carbons (Fsp3) is 0. The Kier molecular flexibility index (Phi) is 7.37. The number of hydrogen-bond acceptors (Lipinski definition) is 5. The number of nitrogens with two attached hydrogens (primary N) is 2. The van der Waals surface area contributed by atoms with Crippen LogP contribution in [-0.4, -0.2) is 13.7 Å². The summed E-state index contributed by atoms with van der Waals surface area (Å²) < 4.78 is 14.3. The molecule has 5 nitrogen and oxygen atoms in total. The van der Waals surface area contributed by atoms with Crippen LogP contribution in [0.5, 0.6) is 0 Å². The van der Waals surface area contributed by atoms with E-state index in [-0.39, 0.29) is 0 Å². The molecule has 0 saturated heterocycles. The number of fused-ring (bicyclic) bond motifs is 18. The lowest BCUT2D eigenvalue weighted by Gasteiger charge is -2.18. The van der Waals surface area contributed by atoms with Crippen LogP contribution in [0.4, 0.5) is 0 Å². The van der Waals surface area contributed by atoms with E-state index < -0.39 is 0 Å². The summed E-state index contributed by atoms with van der Waals surface area (Å²) in [4.78, 5) is 0. The minimum absolute atomic E-state index is 0.571. The number of hydrogen-bond donors (Lipinski definition) is 2. The zero-order chi connectivity index (χ0) is 43.4. The van der Waals surface area contributed by atoms with E-state index in [4.69, 9.17) is 11.5 Å². The van der Waals surface area contributed by atoms with Crippen LogP contribution in [0.3, 0.4) is 0 Å². The van der Waals surface area contributed by atoms with Crippen LogP contribution >= 0.6 is 34.0 Å². The van der Waals surface area contributed by atoms with E-state index in [2.05, 4.69) is 202 Å². The highest BCUT2D eigenvalue weighted by Gasteiger charge is 2.23. The number of allylic oxidation sites excluding steroid dienone is 2. The number of nitrogens with zero attached hydrogens (tertiary/aromatic N) is 3. The van der Waals surface area contributed by atoms with Crippen molar-refractivity contribution in [1.29, 1.82) is 0 Å². The molecule has 0 bridgehead atoms. The van der Waals surface area contributed by atoms with Gasteiger partial charge in [0.2, 0.25) is 0 Å². The number of aromatic nitrogens is 3. The van der Waals surface area contributed by atoms with Gasteiger partial charge in [-0.05, 0) is 72.8 Å². The average molecular weight is 898 g/mol. The van der Waals surface area contributed by atoms with Crippen LogP contribution in [0.1, 0.15) is 0 Å². The van der Waals surface area contributed by atoms with Gasteiger partial charge in [0.25, 0.3) is 0 Å². The summed E-state index contributed by atoms with van der Waals surface area (Å²) in [6.45, 7) is 0. The number of para-hydroxylation sites is 3. The van der Waals surface area contributed by atoms with Crippen LogP contribution in [0.25, 0.3) is 143 Å². The normalized spacial score (nSPS) is 13.3. The maximum atomic E-state index is 7.95. The molecule has 0 spiro atoms. The average Bonchev–Trinajstić information content (AvgIpc) is 4.20. The monoisotopic (exact) mass is 897 g/mol. The quantitative estimate of drug-likeness (QED) is 0.173. The molecule has 0 aliphatic rings. The maximum Gasteiger partial charge on any atom is 0.133 e. The molecule has 0 fully saturated rings. The molecule has 9 aromatic carbocycles. The molecule has 15 rings (SSSR count). The third-order valence-corrected chi connectivity index (χ3v) is 17.2. The van der Waals surface area contributed by atoms with Crippen molar-refractivity contribution >= 4 is 177 Å². The van der Waals surface area contributed by atoms with Crippen LogP contribution in [0.2, 0.25) is 0 Å². The fourth-order valence-electron chi connectivity index (χ4n) is 10.9. The largest absolute Gasteiger partial charge is 0.385 e.